The van der Waals surface area contributed by atoms with Crippen molar-refractivity contribution < 1.29 is 8.78 Å². The minimum Gasteiger partial charge on any atom is -0.322 e. The molecule has 0 fully saturated rings. The van der Waals surface area contributed by atoms with E-state index in [2.05, 4.69) is 0 Å². The van der Waals surface area contributed by atoms with Gasteiger partial charge in [0.15, 0.2) is 0 Å². The lowest BCUT2D eigenvalue weighted by molar-refractivity contribution is 0.435. The summed E-state index contributed by atoms with van der Waals surface area (Å²) in [7, 11) is 0. The summed E-state index contributed by atoms with van der Waals surface area (Å²) in [6, 6.07) is 19.8. The Morgan fingerprint density at radius 3 is 2.40 bits per heavy atom. The molecule has 3 nitrogen and oxygen atoms in total. The quantitative estimate of drug-likeness (QED) is 0.326. The van der Waals surface area contributed by atoms with Crippen LogP contribution in [0.1, 0.15) is 34.3 Å². The molecule has 0 bridgehead atoms. The predicted octanol–water partition coefficient (Wildman–Crippen LogP) is 6.69. The molecule has 7 heteroatoms. The minimum atomic E-state index is -0.612. The topological polar surface area (TPSA) is 48.0 Å². The van der Waals surface area contributed by atoms with Gasteiger partial charge < -0.3 is 5.73 Å². The monoisotopic (exact) mass is 508 g/mol. The van der Waals surface area contributed by atoms with Crippen LogP contribution in [0.5, 0.6) is 0 Å². The molecule has 2 atom stereocenters. The molecule has 5 rings (SSSR count). The highest BCUT2D eigenvalue weighted by Crippen LogP contribution is 2.43. The van der Waals surface area contributed by atoms with Crippen molar-refractivity contribution in [1.29, 1.82) is 0 Å². The van der Waals surface area contributed by atoms with Gasteiger partial charge in [-0.2, -0.15) is 0 Å². The molecule has 0 radical (unpaired) electrons. The number of nitrogens with two attached hydrogens (primary N) is 1. The maximum Gasteiger partial charge on any atom is 0.259 e. The normalized spacial score (nSPS) is 15.7. The Morgan fingerprint density at radius 1 is 1.03 bits per heavy atom. The van der Waals surface area contributed by atoms with Crippen LogP contribution in [0.2, 0.25) is 5.02 Å². The molecule has 1 aliphatic heterocycles. The number of halogens is 3. The fraction of sp³-hybridized carbons (Fsp3) is 0.179. The van der Waals surface area contributed by atoms with Gasteiger partial charge in [-0.05, 0) is 53.4 Å². The largest absolute Gasteiger partial charge is 0.322 e. The summed E-state index contributed by atoms with van der Waals surface area (Å²) in [6.07, 6.45) is 0.0216. The zero-order chi connectivity index (χ0) is 24.7. The molecule has 2 N–H and O–H groups in total. The van der Waals surface area contributed by atoms with Gasteiger partial charge in [-0.3, -0.25) is 9.36 Å². The first-order chi connectivity index (χ1) is 16.9. The van der Waals surface area contributed by atoms with Crippen LogP contribution in [0.4, 0.5) is 8.78 Å². The van der Waals surface area contributed by atoms with E-state index < -0.39 is 17.7 Å². The van der Waals surface area contributed by atoms with Crippen molar-refractivity contribution in [2.75, 3.05) is 5.75 Å². The van der Waals surface area contributed by atoms with Gasteiger partial charge in [0, 0.05) is 22.8 Å². The highest BCUT2D eigenvalue weighted by Gasteiger charge is 2.34. The molecule has 1 aromatic heterocycles. The van der Waals surface area contributed by atoms with Crippen LogP contribution < -0.4 is 11.3 Å². The number of aromatic nitrogens is 1. The molecular formula is C28H23ClF2N2OS. The molecule has 1 aliphatic rings. The second-order valence-corrected chi connectivity index (χ2v) is 10.1. The number of rotatable bonds is 5. The number of hydrogen-bond acceptors (Lipinski definition) is 3. The summed E-state index contributed by atoms with van der Waals surface area (Å²) in [4.78, 5) is 14.0. The van der Waals surface area contributed by atoms with E-state index in [0.29, 0.717) is 32.5 Å². The van der Waals surface area contributed by atoms with Gasteiger partial charge in [0.05, 0.1) is 22.7 Å². The second kappa shape index (κ2) is 9.61. The highest BCUT2D eigenvalue weighted by molar-refractivity contribution is 7.99. The van der Waals surface area contributed by atoms with Crippen LogP contribution in [0.25, 0.3) is 11.1 Å². The summed E-state index contributed by atoms with van der Waals surface area (Å²) < 4.78 is 31.0. The summed E-state index contributed by atoms with van der Waals surface area (Å²) in [5.41, 5.74) is 9.92. The fourth-order valence-electron chi connectivity index (χ4n) is 4.76. The number of nitrogens with zero attached hydrogens (tertiary/aromatic N) is 1. The van der Waals surface area contributed by atoms with Crippen LogP contribution in [0, 0.1) is 18.6 Å². The van der Waals surface area contributed by atoms with Crippen LogP contribution in [0.15, 0.2) is 82.6 Å². The van der Waals surface area contributed by atoms with Crippen LogP contribution in [-0.2, 0) is 6.42 Å². The lowest BCUT2D eigenvalue weighted by Gasteiger charge is -2.24. The third-order valence-corrected chi connectivity index (χ3v) is 8.05. The fourth-order valence-corrected chi connectivity index (χ4v) is 6.39. The molecule has 0 amide bonds. The Hall–Kier alpha value is -2.93. The maximum absolute atomic E-state index is 14.6. The lowest BCUT2D eigenvalue weighted by Crippen LogP contribution is -2.33. The number of hydrogen-bond donors (Lipinski definition) is 1. The van der Waals surface area contributed by atoms with E-state index in [-0.39, 0.29) is 23.6 Å². The van der Waals surface area contributed by atoms with Gasteiger partial charge in [-0.15, -0.1) is 11.8 Å². The Bertz CT molecular complexity index is 1450. The van der Waals surface area contributed by atoms with Crippen LogP contribution in [-0.4, -0.2) is 10.3 Å². The molecule has 178 valence electrons. The molecule has 4 aromatic rings. The highest BCUT2D eigenvalue weighted by atomic mass is 35.5. The molecule has 0 saturated carbocycles. The molecular weight excluding hydrogens is 486 g/mol. The van der Waals surface area contributed by atoms with Crippen molar-refractivity contribution in [2.45, 2.75) is 30.5 Å². The van der Waals surface area contributed by atoms with E-state index in [1.165, 1.54) is 30.0 Å². The Balaban J connectivity index is 1.74. The van der Waals surface area contributed by atoms with E-state index in [0.717, 1.165) is 11.1 Å². The van der Waals surface area contributed by atoms with E-state index in [9.17, 15) is 13.6 Å². The van der Waals surface area contributed by atoms with Crippen molar-refractivity contribution in [2.24, 2.45) is 5.73 Å². The number of pyridine rings is 1. The molecule has 0 aliphatic carbocycles. The number of thioether (sulfide) groups is 1. The summed E-state index contributed by atoms with van der Waals surface area (Å²) in [5.74, 6) is -0.644. The van der Waals surface area contributed by atoms with E-state index in [1.54, 1.807) is 22.8 Å². The first-order valence-corrected chi connectivity index (χ1v) is 12.6. The zero-order valence-corrected chi connectivity index (χ0v) is 20.5. The SMILES string of the molecule is Cc1c(Cc2c(F)cccc2F)c2n(c(=O)c1-c1cccc(Cl)c1)C(C(N)c1ccccc1)CS2. The first-order valence-electron chi connectivity index (χ1n) is 11.3. The zero-order valence-electron chi connectivity index (χ0n) is 19.0. The van der Waals surface area contributed by atoms with Crippen molar-refractivity contribution in [3.63, 3.8) is 0 Å². The van der Waals surface area contributed by atoms with Crippen molar-refractivity contribution in [3.05, 3.63) is 122 Å². The predicted molar refractivity (Wildman–Crippen MR) is 138 cm³/mol. The van der Waals surface area contributed by atoms with Crippen LogP contribution in [0.3, 0.4) is 0 Å². The Labute approximate surface area is 211 Å². The third kappa shape index (κ3) is 4.31. The third-order valence-electron chi connectivity index (χ3n) is 6.59. The number of benzene rings is 3. The standard InChI is InChI=1S/C28H23ClF2N2OS/c1-16-20(14-21-22(30)11-6-12-23(21)31)28-33(27(34)25(16)18-9-5-10-19(29)13-18)24(15-35-28)26(32)17-7-3-2-4-8-17/h2-13,24,26H,14-15,32H2,1H3. The smallest absolute Gasteiger partial charge is 0.259 e. The van der Waals surface area contributed by atoms with Gasteiger partial charge in [0.25, 0.3) is 5.56 Å². The average molecular weight is 509 g/mol. The second-order valence-electron chi connectivity index (χ2n) is 8.66. The van der Waals surface area contributed by atoms with Crippen LogP contribution >= 0.6 is 23.4 Å². The summed E-state index contributed by atoms with van der Waals surface area (Å²) >= 11 is 7.76. The average Bonchev–Trinajstić information content (AvgIpc) is 3.29. The van der Waals surface area contributed by atoms with Crippen molar-refractivity contribution in [1.82, 2.24) is 4.57 Å². The van der Waals surface area contributed by atoms with E-state index >= 15 is 0 Å². The van der Waals surface area contributed by atoms with Gasteiger partial charge in [-0.1, -0.05) is 60.1 Å². The molecule has 2 unspecified atom stereocenters. The van der Waals surface area contributed by atoms with Gasteiger partial charge in [0.1, 0.15) is 11.6 Å². The van der Waals surface area contributed by atoms with Crippen molar-refractivity contribution in [3.8, 4) is 11.1 Å². The Kier molecular flexibility index (Phi) is 6.53. The minimum absolute atomic E-state index is 0.0216. The van der Waals surface area contributed by atoms with Crippen molar-refractivity contribution >= 4 is 23.4 Å². The van der Waals surface area contributed by atoms with Gasteiger partial charge in [0.2, 0.25) is 0 Å². The van der Waals surface area contributed by atoms with E-state index in [1.807, 2.05) is 43.3 Å². The molecule has 2 heterocycles. The lowest BCUT2D eigenvalue weighted by atomic mass is 9.93. The molecule has 0 saturated heterocycles. The van der Waals surface area contributed by atoms with Gasteiger partial charge >= 0.3 is 0 Å². The summed E-state index contributed by atoms with van der Waals surface area (Å²) in [6.45, 7) is 1.83. The Morgan fingerprint density at radius 2 is 1.71 bits per heavy atom. The summed E-state index contributed by atoms with van der Waals surface area (Å²) in [5, 5.41) is 1.21. The first kappa shape index (κ1) is 23.8. The van der Waals surface area contributed by atoms with Gasteiger partial charge in [-0.25, -0.2) is 8.78 Å². The van der Waals surface area contributed by atoms with E-state index in [4.69, 9.17) is 17.3 Å². The molecule has 3 aromatic carbocycles. The molecule has 35 heavy (non-hydrogen) atoms. The maximum atomic E-state index is 14.6. The molecule has 0 spiro atoms. The number of fused-ring (bicyclic) bond motifs is 1.